The van der Waals surface area contributed by atoms with Gasteiger partial charge in [0, 0.05) is 11.9 Å². The van der Waals surface area contributed by atoms with E-state index < -0.39 is 10.0 Å². The Bertz CT molecular complexity index is 796. The Morgan fingerprint density at radius 3 is 2.61 bits per heavy atom. The molecule has 0 saturated carbocycles. The van der Waals surface area contributed by atoms with Crippen LogP contribution in [0.15, 0.2) is 36.5 Å². The number of aromatic amines is 1. The number of para-hydroxylation sites is 1. The average Bonchev–Trinajstić information content (AvgIpc) is 2.94. The average molecular weight is 335 g/mol. The van der Waals surface area contributed by atoms with Crippen LogP contribution in [0.3, 0.4) is 0 Å². The fraction of sp³-hybridized carbons (Fsp3) is 0.312. The van der Waals surface area contributed by atoms with Gasteiger partial charge in [-0.2, -0.15) is 0 Å². The van der Waals surface area contributed by atoms with Gasteiger partial charge in [-0.25, -0.2) is 8.42 Å². The molecule has 1 atom stereocenters. The molecule has 6 nitrogen and oxygen atoms in total. The van der Waals surface area contributed by atoms with Crippen molar-refractivity contribution in [3.63, 3.8) is 0 Å². The van der Waals surface area contributed by atoms with Gasteiger partial charge in [0.25, 0.3) is 5.91 Å². The van der Waals surface area contributed by atoms with E-state index in [1.165, 1.54) is 0 Å². The summed E-state index contributed by atoms with van der Waals surface area (Å²) in [5, 5.41) is 2.91. The smallest absolute Gasteiger partial charge is 0.253 e. The van der Waals surface area contributed by atoms with Crippen molar-refractivity contribution < 1.29 is 13.2 Å². The molecular weight excluding hydrogens is 314 g/mol. The monoisotopic (exact) mass is 335 g/mol. The Morgan fingerprint density at radius 2 is 1.96 bits per heavy atom. The number of aromatic nitrogens is 1. The summed E-state index contributed by atoms with van der Waals surface area (Å²) in [7, 11) is -3.38. The maximum atomic E-state index is 12.4. The topological polar surface area (TPSA) is 91.1 Å². The number of benzene rings is 1. The fourth-order valence-electron chi connectivity index (χ4n) is 2.43. The maximum absolute atomic E-state index is 12.4. The van der Waals surface area contributed by atoms with Gasteiger partial charge < -0.3 is 10.3 Å². The van der Waals surface area contributed by atoms with E-state index in [-0.39, 0.29) is 11.9 Å². The van der Waals surface area contributed by atoms with Gasteiger partial charge in [0.05, 0.1) is 23.5 Å². The molecule has 0 fully saturated rings. The molecule has 0 bridgehead atoms. The van der Waals surface area contributed by atoms with E-state index in [2.05, 4.69) is 15.0 Å². The van der Waals surface area contributed by atoms with Crippen molar-refractivity contribution in [1.29, 1.82) is 0 Å². The number of anilines is 1. The van der Waals surface area contributed by atoms with Crippen LogP contribution < -0.4 is 10.0 Å². The Morgan fingerprint density at radius 1 is 1.26 bits per heavy atom. The maximum Gasteiger partial charge on any atom is 0.253 e. The predicted molar refractivity (Wildman–Crippen MR) is 91.0 cm³/mol. The van der Waals surface area contributed by atoms with E-state index in [1.54, 1.807) is 36.5 Å². The van der Waals surface area contributed by atoms with Crippen molar-refractivity contribution in [3.05, 3.63) is 53.3 Å². The predicted octanol–water partition coefficient (Wildman–Crippen LogP) is 2.44. The first-order chi connectivity index (χ1) is 10.8. The summed E-state index contributed by atoms with van der Waals surface area (Å²) < 4.78 is 25.4. The van der Waals surface area contributed by atoms with E-state index in [9.17, 15) is 13.2 Å². The van der Waals surface area contributed by atoms with Crippen LogP contribution in [0.2, 0.25) is 0 Å². The van der Waals surface area contributed by atoms with E-state index in [0.717, 1.165) is 18.4 Å². The zero-order valence-corrected chi connectivity index (χ0v) is 14.2. The van der Waals surface area contributed by atoms with Crippen molar-refractivity contribution in [1.82, 2.24) is 10.3 Å². The lowest BCUT2D eigenvalue weighted by Crippen LogP contribution is -2.28. The summed E-state index contributed by atoms with van der Waals surface area (Å²) >= 11 is 0. The molecule has 1 aromatic heterocycles. The van der Waals surface area contributed by atoms with Crippen LogP contribution in [0, 0.1) is 0 Å². The number of hydrogen-bond donors (Lipinski definition) is 3. The van der Waals surface area contributed by atoms with Crippen molar-refractivity contribution in [2.75, 3.05) is 11.0 Å². The molecule has 7 heteroatoms. The second kappa shape index (κ2) is 6.87. The quantitative estimate of drug-likeness (QED) is 0.757. The lowest BCUT2D eigenvalue weighted by molar-refractivity contribution is 0.0939. The molecule has 0 spiro atoms. The number of carbonyl (C=O) groups is 1. The number of aryl methyl sites for hydroxylation is 1. The first kappa shape index (κ1) is 17.1. The van der Waals surface area contributed by atoms with Crippen LogP contribution in [0.25, 0.3) is 0 Å². The van der Waals surface area contributed by atoms with Crippen molar-refractivity contribution in [2.45, 2.75) is 26.3 Å². The van der Waals surface area contributed by atoms with E-state index in [0.29, 0.717) is 16.8 Å². The minimum Gasteiger partial charge on any atom is -0.364 e. The first-order valence-electron chi connectivity index (χ1n) is 7.35. The summed E-state index contributed by atoms with van der Waals surface area (Å²) in [6, 6.07) is 8.41. The highest BCUT2D eigenvalue weighted by atomic mass is 32.2. The molecule has 23 heavy (non-hydrogen) atoms. The van der Waals surface area contributed by atoms with Crippen LogP contribution in [0.1, 0.15) is 41.5 Å². The van der Waals surface area contributed by atoms with Gasteiger partial charge in [0.15, 0.2) is 0 Å². The Hall–Kier alpha value is -2.28. The lowest BCUT2D eigenvalue weighted by atomic mass is 10.1. The third kappa shape index (κ3) is 4.35. The minimum absolute atomic E-state index is 0.190. The number of H-pyrrole nitrogens is 1. The molecule has 0 aliphatic carbocycles. The molecule has 1 aromatic carbocycles. The van der Waals surface area contributed by atoms with Crippen molar-refractivity contribution in [2.24, 2.45) is 0 Å². The Kier molecular flexibility index (Phi) is 5.10. The molecule has 0 aliphatic rings. The third-order valence-electron chi connectivity index (χ3n) is 3.50. The highest BCUT2D eigenvalue weighted by Gasteiger charge is 2.17. The highest BCUT2D eigenvalue weighted by Crippen LogP contribution is 2.24. The largest absolute Gasteiger partial charge is 0.364 e. The highest BCUT2D eigenvalue weighted by molar-refractivity contribution is 7.92. The van der Waals surface area contributed by atoms with E-state index in [1.807, 2.05) is 13.8 Å². The molecule has 124 valence electrons. The molecule has 1 heterocycles. The molecule has 0 saturated heterocycles. The van der Waals surface area contributed by atoms with Crippen LogP contribution in [-0.4, -0.2) is 25.6 Å². The van der Waals surface area contributed by atoms with Gasteiger partial charge in [-0.05, 0) is 31.0 Å². The second-order valence-electron chi connectivity index (χ2n) is 5.38. The van der Waals surface area contributed by atoms with E-state index in [4.69, 9.17) is 0 Å². The van der Waals surface area contributed by atoms with Crippen LogP contribution in [-0.2, 0) is 16.4 Å². The van der Waals surface area contributed by atoms with Gasteiger partial charge in [0.2, 0.25) is 10.0 Å². The van der Waals surface area contributed by atoms with Crippen LogP contribution >= 0.6 is 0 Å². The number of rotatable bonds is 6. The van der Waals surface area contributed by atoms with Gasteiger partial charge in [-0.15, -0.1) is 0 Å². The minimum atomic E-state index is -3.38. The Labute approximate surface area is 136 Å². The fourth-order valence-corrected chi connectivity index (χ4v) is 3.01. The molecular formula is C16H21N3O3S. The SMILES string of the molecule is CCc1[nH]ccc1C(=O)N[C@@H](C)c1ccccc1NS(C)(=O)=O. The molecule has 0 aliphatic heterocycles. The van der Waals surface area contributed by atoms with Crippen LogP contribution in [0.5, 0.6) is 0 Å². The van der Waals surface area contributed by atoms with Crippen molar-refractivity contribution in [3.8, 4) is 0 Å². The summed E-state index contributed by atoms with van der Waals surface area (Å²) in [5.74, 6) is -0.190. The van der Waals surface area contributed by atoms with Crippen LogP contribution in [0.4, 0.5) is 5.69 Å². The standard InChI is InChI=1S/C16H21N3O3S/c1-4-14-13(9-10-17-14)16(20)18-11(2)12-7-5-6-8-15(12)19-23(3,21)22/h5-11,17,19H,4H2,1-3H3,(H,18,20)/t11-/m0/s1. The van der Waals surface area contributed by atoms with Crippen molar-refractivity contribution >= 4 is 21.6 Å². The Balaban J connectivity index is 2.21. The molecule has 2 aromatic rings. The van der Waals surface area contributed by atoms with Gasteiger partial charge in [0.1, 0.15) is 0 Å². The third-order valence-corrected chi connectivity index (χ3v) is 4.09. The van der Waals surface area contributed by atoms with Gasteiger partial charge >= 0.3 is 0 Å². The zero-order valence-electron chi connectivity index (χ0n) is 13.4. The molecule has 0 radical (unpaired) electrons. The zero-order chi connectivity index (χ0) is 17.0. The summed E-state index contributed by atoms with van der Waals surface area (Å²) in [5.41, 5.74) is 2.65. The molecule has 3 N–H and O–H groups in total. The summed E-state index contributed by atoms with van der Waals surface area (Å²) in [6.07, 6.45) is 3.56. The number of amides is 1. The molecule has 1 amide bonds. The number of nitrogens with one attached hydrogen (secondary N) is 3. The summed E-state index contributed by atoms with van der Waals surface area (Å²) in [4.78, 5) is 15.4. The number of carbonyl (C=O) groups excluding carboxylic acids is 1. The first-order valence-corrected chi connectivity index (χ1v) is 9.24. The van der Waals surface area contributed by atoms with Gasteiger partial charge in [-0.3, -0.25) is 9.52 Å². The van der Waals surface area contributed by atoms with Gasteiger partial charge in [-0.1, -0.05) is 25.1 Å². The van der Waals surface area contributed by atoms with E-state index >= 15 is 0 Å². The second-order valence-corrected chi connectivity index (χ2v) is 7.13. The normalized spacial score (nSPS) is 12.7. The molecule has 0 unspecified atom stereocenters. The number of sulfonamides is 1. The molecule has 2 rings (SSSR count). The summed E-state index contributed by atoms with van der Waals surface area (Å²) in [6.45, 7) is 3.79. The lowest BCUT2D eigenvalue weighted by Gasteiger charge is -2.18. The number of hydrogen-bond acceptors (Lipinski definition) is 3.